The number of likely N-dealkylation sites (N-methyl/N-ethyl adjacent to an activating group) is 1. The van der Waals surface area contributed by atoms with Gasteiger partial charge in [-0.05, 0) is 0 Å². The van der Waals surface area contributed by atoms with Crippen molar-refractivity contribution in [2.24, 2.45) is 4.99 Å². The number of imide groups is 1. The van der Waals surface area contributed by atoms with E-state index in [1.165, 1.54) is 16.7 Å². The Balaban J connectivity index is 2.28. The van der Waals surface area contributed by atoms with E-state index in [0.717, 1.165) is 5.17 Å². The molecule has 1 fully saturated rings. The quantitative estimate of drug-likeness (QED) is 0.768. The molecule has 2 atom stereocenters. The molecule has 2 aliphatic heterocycles. The molecule has 1 saturated heterocycles. The highest BCUT2D eigenvalue weighted by atomic mass is 32.2. The van der Waals surface area contributed by atoms with Gasteiger partial charge in [-0.15, -0.1) is 13.2 Å². The van der Waals surface area contributed by atoms with Crippen molar-refractivity contribution in [1.82, 2.24) is 15.1 Å². The first kappa shape index (κ1) is 13.7. The standard InChI is InChI=1S/C12H16N4O2S/c1-4-6-16-8-9(13-12(16)19-7-5-2)15(3)11(18)14-10(8)17/h4-5,8-9H,1-2,6-7H2,3H3,(H,14,17,18). The average molecular weight is 280 g/mol. The predicted octanol–water partition coefficient (Wildman–Crippen LogP) is 0.639. The SMILES string of the molecule is C=CCSC1=NC2C(C(=O)NC(=O)N2C)N1CC=C. The molecule has 3 amide bonds. The molecule has 2 unspecified atom stereocenters. The minimum atomic E-state index is -0.479. The molecule has 0 aromatic heterocycles. The number of carbonyl (C=O) groups is 2. The molecule has 1 N–H and O–H groups in total. The fourth-order valence-corrected chi connectivity index (χ4v) is 2.89. The van der Waals surface area contributed by atoms with Gasteiger partial charge in [-0.3, -0.25) is 10.1 Å². The number of fused-ring (bicyclic) bond motifs is 1. The first-order valence-electron chi connectivity index (χ1n) is 5.86. The third-order valence-electron chi connectivity index (χ3n) is 2.98. The molecule has 6 nitrogen and oxygen atoms in total. The summed E-state index contributed by atoms with van der Waals surface area (Å²) in [5, 5.41) is 3.08. The van der Waals surface area contributed by atoms with Crippen molar-refractivity contribution in [2.45, 2.75) is 12.2 Å². The molecule has 19 heavy (non-hydrogen) atoms. The van der Waals surface area contributed by atoms with Crippen LogP contribution in [-0.4, -0.2) is 58.5 Å². The van der Waals surface area contributed by atoms with Crippen LogP contribution in [-0.2, 0) is 4.79 Å². The third kappa shape index (κ3) is 2.37. The molecule has 7 heteroatoms. The molecule has 0 aromatic rings. The van der Waals surface area contributed by atoms with Crippen molar-refractivity contribution in [3.8, 4) is 0 Å². The lowest BCUT2D eigenvalue weighted by molar-refractivity contribution is -0.126. The van der Waals surface area contributed by atoms with Crippen molar-refractivity contribution in [3.63, 3.8) is 0 Å². The summed E-state index contributed by atoms with van der Waals surface area (Å²) in [6.45, 7) is 7.88. The van der Waals surface area contributed by atoms with Crippen LogP contribution in [0, 0.1) is 0 Å². The first-order valence-corrected chi connectivity index (χ1v) is 6.85. The van der Waals surface area contributed by atoms with Crippen molar-refractivity contribution >= 4 is 28.9 Å². The number of aliphatic imine (C=N–C) groups is 1. The highest BCUT2D eigenvalue weighted by molar-refractivity contribution is 8.13. The van der Waals surface area contributed by atoms with Crippen molar-refractivity contribution in [3.05, 3.63) is 25.3 Å². The van der Waals surface area contributed by atoms with Crippen LogP contribution in [0.15, 0.2) is 30.3 Å². The minimum Gasteiger partial charge on any atom is -0.332 e. The number of amides is 3. The third-order valence-corrected chi connectivity index (χ3v) is 3.98. The van der Waals surface area contributed by atoms with E-state index in [4.69, 9.17) is 0 Å². The van der Waals surface area contributed by atoms with E-state index in [1.807, 2.05) is 4.90 Å². The molecule has 2 heterocycles. The Morgan fingerprint density at radius 1 is 1.42 bits per heavy atom. The van der Waals surface area contributed by atoms with Gasteiger partial charge in [-0.1, -0.05) is 23.9 Å². The fraction of sp³-hybridized carbons (Fsp3) is 0.417. The number of nitrogens with one attached hydrogen (secondary N) is 1. The predicted molar refractivity (Wildman–Crippen MR) is 75.9 cm³/mol. The van der Waals surface area contributed by atoms with Gasteiger partial charge >= 0.3 is 6.03 Å². The van der Waals surface area contributed by atoms with Crippen LogP contribution >= 0.6 is 11.8 Å². The molecule has 102 valence electrons. The second kappa shape index (κ2) is 5.48. The van der Waals surface area contributed by atoms with Gasteiger partial charge in [0.25, 0.3) is 5.91 Å². The highest BCUT2D eigenvalue weighted by Crippen LogP contribution is 2.28. The van der Waals surface area contributed by atoms with Crippen molar-refractivity contribution in [1.29, 1.82) is 0 Å². The summed E-state index contributed by atoms with van der Waals surface area (Å²) >= 11 is 1.50. The second-order valence-corrected chi connectivity index (χ2v) is 5.20. The Kier molecular flexibility index (Phi) is 3.94. The molecule has 2 rings (SSSR count). The topological polar surface area (TPSA) is 65.0 Å². The number of hydrogen-bond donors (Lipinski definition) is 1. The molecule has 0 aromatic carbocycles. The van der Waals surface area contributed by atoms with Gasteiger partial charge in [0.15, 0.2) is 17.4 Å². The number of nitrogens with zero attached hydrogens (tertiary/aromatic N) is 3. The van der Waals surface area contributed by atoms with Crippen LogP contribution in [0.5, 0.6) is 0 Å². The molecule has 0 aliphatic carbocycles. The summed E-state index contributed by atoms with van der Waals surface area (Å²) in [7, 11) is 1.64. The summed E-state index contributed by atoms with van der Waals surface area (Å²) < 4.78 is 0. The van der Waals surface area contributed by atoms with Gasteiger partial charge < -0.3 is 9.80 Å². The normalized spacial score (nSPS) is 25.8. The number of rotatable bonds is 4. The second-order valence-electron chi connectivity index (χ2n) is 4.22. The fourth-order valence-electron chi connectivity index (χ4n) is 2.09. The maximum atomic E-state index is 12.0. The van der Waals surface area contributed by atoms with Gasteiger partial charge in [0.2, 0.25) is 0 Å². The zero-order valence-electron chi connectivity index (χ0n) is 10.7. The first-order chi connectivity index (χ1) is 9.10. The number of carbonyl (C=O) groups excluding carboxylic acids is 2. The van der Waals surface area contributed by atoms with E-state index in [2.05, 4.69) is 23.5 Å². The number of hydrogen-bond acceptors (Lipinski definition) is 5. The van der Waals surface area contributed by atoms with Crippen LogP contribution in [0.1, 0.15) is 0 Å². The highest BCUT2D eigenvalue weighted by Gasteiger charge is 2.48. The Hall–Kier alpha value is -1.76. The minimum absolute atomic E-state index is 0.312. The molecule has 2 aliphatic rings. The van der Waals surface area contributed by atoms with Crippen LogP contribution in [0.25, 0.3) is 0 Å². The number of amidine groups is 1. The van der Waals surface area contributed by atoms with Crippen molar-refractivity contribution in [2.75, 3.05) is 19.3 Å². The van der Waals surface area contributed by atoms with E-state index in [1.54, 1.807) is 19.2 Å². The van der Waals surface area contributed by atoms with Gasteiger partial charge in [-0.2, -0.15) is 0 Å². The van der Waals surface area contributed by atoms with Crippen LogP contribution in [0.3, 0.4) is 0 Å². The summed E-state index contributed by atoms with van der Waals surface area (Å²) in [6, 6.07) is -0.892. The number of urea groups is 1. The smallest absolute Gasteiger partial charge is 0.325 e. The lowest BCUT2D eigenvalue weighted by atomic mass is 10.1. The Morgan fingerprint density at radius 3 is 2.79 bits per heavy atom. The molecular weight excluding hydrogens is 264 g/mol. The molecular formula is C12H16N4O2S. The van der Waals surface area contributed by atoms with E-state index < -0.39 is 18.2 Å². The summed E-state index contributed by atoms with van der Waals surface area (Å²) in [6.07, 6.45) is 3.03. The van der Waals surface area contributed by atoms with E-state index >= 15 is 0 Å². The molecule has 0 radical (unpaired) electrons. The van der Waals surface area contributed by atoms with E-state index in [-0.39, 0.29) is 5.91 Å². The summed E-state index contributed by atoms with van der Waals surface area (Å²) in [5.41, 5.74) is 0. The molecule has 0 saturated carbocycles. The Morgan fingerprint density at radius 2 is 2.16 bits per heavy atom. The lowest BCUT2D eigenvalue weighted by Gasteiger charge is -2.35. The van der Waals surface area contributed by atoms with E-state index in [9.17, 15) is 9.59 Å². The maximum Gasteiger partial charge on any atom is 0.325 e. The van der Waals surface area contributed by atoms with Gasteiger partial charge in [0.1, 0.15) is 0 Å². The largest absolute Gasteiger partial charge is 0.332 e. The Bertz CT molecular complexity index is 463. The van der Waals surface area contributed by atoms with Crippen molar-refractivity contribution < 1.29 is 9.59 Å². The van der Waals surface area contributed by atoms with Crippen LogP contribution in [0.2, 0.25) is 0 Å². The number of thioether (sulfide) groups is 1. The van der Waals surface area contributed by atoms with Gasteiger partial charge in [0, 0.05) is 19.3 Å². The molecule has 0 bridgehead atoms. The zero-order valence-corrected chi connectivity index (χ0v) is 11.5. The Labute approximate surface area is 116 Å². The van der Waals surface area contributed by atoms with Crippen LogP contribution < -0.4 is 5.32 Å². The van der Waals surface area contributed by atoms with E-state index in [0.29, 0.717) is 12.3 Å². The monoisotopic (exact) mass is 280 g/mol. The molecule has 0 spiro atoms. The maximum absolute atomic E-state index is 12.0. The zero-order chi connectivity index (χ0) is 14.0. The average Bonchev–Trinajstić information content (AvgIpc) is 2.74. The van der Waals surface area contributed by atoms with Gasteiger partial charge in [-0.25, -0.2) is 9.79 Å². The van der Waals surface area contributed by atoms with Crippen LogP contribution in [0.4, 0.5) is 4.79 Å². The lowest BCUT2D eigenvalue weighted by Crippen LogP contribution is -2.63. The van der Waals surface area contributed by atoms with Gasteiger partial charge in [0.05, 0.1) is 0 Å². The summed E-state index contributed by atoms with van der Waals surface area (Å²) in [5.74, 6) is 0.387. The summed E-state index contributed by atoms with van der Waals surface area (Å²) in [4.78, 5) is 31.4.